The van der Waals surface area contributed by atoms with Gasteiger partial charge in [-0.15, -0.1) is 11.8 Å². The Morgan fingerprint density at radius 2 is 1.71 bits per heavy atom. The molecule has 1 aromatic heterocycles. The Hall–Kier alpha value is -4.74. The van der Waals surface area contributed by atoms with Crippen LogP contribution in [-0.4, -0.2) is 33.5 Å². The van der Waals surface area contributed by atoms with Crippen LogP contribution in [0.5, 0.6) is 0 Å². The lowest BCUT2D eigenvalue weighted by atomic mass is 9.86. The van der Waals surface area contributed by atoms with Crippen LogP contribution in [0, 0.1) is 0 Å². The van der Waals surface area contributed by atoms with Crippen LogP contribution in [-0.2, 0) is 12.8 Å². The van der Waals surface area contributed by atoms with Crippen LogP contribution in [0.15, 0.2) is 142 Å². The number of aliphatic imine (C=N–C) groups is 1. The molecule has 3 aromatic rings. The Morgan fingerprint density at radius 3 is 2.52 bits per heavy atom. The first-order chi connectivity index (χ1) is 25.7. The summed E-state index contributed by atoms with van der Waals surface area (Å²) in [6.45, 7) is 5.21. The molecule has 1 fully saturated rings. The fourth-order valence-electron chi connectivity index (χ4n) is 8.94. The van der Waals surface area contributed by atoms with E-state index in [1.807, 2.05) is 0 Å². The van der Waals surface area contributed by atoms with Crippen molar-refractivity contribution in [1.82, 2.24) is 15.2 Å². The van der Waals surface area contributed by atoms with E-state index in [9.17, 15) is 0 Å². The van der Waals surface area contributed by atoms with Gasteiger partial charge in [0.25, 0.3) is 0 Å². The number of nitrogens with zero attached hydrogens (tertiary/aromatic N) is 2. The highest BCUT2D eigenvalue weighted by Crippen LogP contribution is 2.51. The van der Waals surface area contributed by atoms with Gasteiger partial charge >= 0.3 is 0 Å². The van der Waals surface area contributed by atoms with Gasteiger partial charge in [0.2, 0.25) is 0 Å². The highest BCUT2D eigenvalue weighted by atomic mass is 32.2. The first-order valence-corrected chi connectivity index (χ1v) is 20.2. The predicted octanol–water partition coefficient (Wildman–Crippen LogP) is 10.3. The van der Waals surface area contributed by atoms with Crippen molar-refractivity contribution in [3.05, 3.63) is 171 Å². The zero-order chi connectivity index (χ0) is 35.0. The third kappa shape index (κ3) is 6.13. The minimum absolute atomic E-state index is 0.158. The van der Waals surface area contributed by atoms with Crippen molar-refractivity contribution in [1.29, 1.82) is 0 Å². The highest BCUT2D eigenvalue weighted by molar-refractivity contribution is 8.01. The van der Waals surface area contributed by atoms with Crippen molar-refractivity contribution in [3.8, 4) is 0 Å². The Balaban J connectivity index is 1.23. The molecule has 262 valence electrons. The molecule has 52 heavy (non-hydrogen) atoms. The van der Waals surface area contributed by atoms with Crippen molar-refractivity contribution in [2.45, 2.75) is 81.3 Å². The first-order valence-electron chi connectivity index (χ1n) is 19.3. The molecular weight excluding hydrogens is 653 g/mol. The SMILES string of the molecule is C/C=C(\NC(NC(C)C1=CC=CCC1)=C1CC(c2ccccc2)CN=C1n1c2c(c3c1CC1SC4CC=CC=C4C1=C3)CCC=C2)c1ccccc1. The average molecular weight is 701 g/mol. The maximum absolute atomic E-state index is 5.65. The Labute approximate surface area is 313 Å². The van der Waals surface area contributed by atoms with E-state index in [-0.39, 0.29) is 12.0 Å². The number of hydrogen-bond acceptors (Lipinski definition) is 4. The summed E-state index contributed by atoms with van der Waals surface area (Å²) in [6.07, 6.45) is 30.7. The number of allylic oxidation sites excluding steroid dienone is 9. The summed E-state index contributed by atoms with van der Waals surface area (Å²) >= 11 is 2.17. The smallest absolute Gasteiger partial charge is 0.139 e. The van der Waals surface area contributed by atoms with Gasteiger partial charge in [-0.2, -0.15) is 0 Å². The van der Waals surface area contributed by atoms with Gasteiger partial charge in [0.15, 0.2) is 0 Å². The molecule has 0 bridgehead atoms. The normalized spacial score (nSPS) is 24.7. The van der Waals surface area contributed by atoms with Crippen LogP contribution in [0.2, 0.25) is 0 Å². The quantitative estimate of drug-likeness (QED) is 0.258. The van der Waals surface area contributed by atoms with Gasteiger partial charge in [-0.3, -0.25) is 9.56 Å². The number of fused-ring (bicyclic) bond motifs is 6. The van der Waals surface area contributed by atoms with Crippen LogP contribution in [0.3, 0.4) is 0 Å². The molecule has 4 aliphatic carbocycles. The van der Waals surface area contributed by atoms with E-state index in [0.29, 0.717) is 10.5 Å². The van der Waals surface area contributed by atoms with E-state index in [1.54, 1.807) is 11.1 Å². The molecule has 0 radical (unpaired) electrons. The predicted molar refractivity (Wildman–Crippen MR) is 221 cm³/mol. The van der Waals surface area contributed by atoms with Crippen LogP contribution >= 0.6 is 11.8 Å². The summed E-state index contributed by atoms with van der Waals surface area (Å²) in [5, 5.41) is 9.12. The molecule has 4 unspecified atom stereocenters. The van der Waals surface area contributed by atoms with Crippen molar-refractivity contribution in [2.24, 2.45) is 4.99 Å². The molecular formula is C47H48N4S. The van der Waals surface area contributed by atoms with Gasteiger partial charge in [-0.05, 0) is 97.9 Å². The molecule has 0 spiro atoms. The fraction of sp³-hybridized carbons (Fsp3) is 0.298. The van der Waals surface area contributed by atoms with E-state index in [0.717, 1.165) is 68.8 Å². The van der Waals surface area contributed by atoms with E-state index in [1.165, 1.54) is 44.8 Å². The summed E-state index contributed by atoms with van der Waals surface area (Å²) in [6, 6.07) is 21.9. The molecule has 4 atom stereocenters. The summed E-state index contributed by atoms with van der Waals surface area (Å²) in [4.78, 5) is 5.65. The Kier molecular flexibility index (Phi) is 9.14. The van der Waals surface area contributed by atoms with E-state index in [2.05, 4.69) is 162 Å². The lowest BCUT2D eigenvalue weighted by molar-refractivity contribution is 0.611. The van der Waals surface area contributed by atoms with E-state index < -0.39 is 0 Å². The summed E-state index contributed by atoms with van der Waals surface area (Å²) in [5.41, 5.74) is 15.1. The molecule has 0 amide bonds. The molecule has 3 heterocycles. The molecule has 9 rings (SSSR count). The average Bonchev–Trinajstić information content (AvgIpc) is 3.74. The molecule has 6 aliphatic rings. The van der Waals surface area contributed by atoms with Crippen LogP contribution in [0.4, 0.5) is 0 Å². The van der Waals surface area contributed by atoms with Crippen molar-refractivity contribution < 1.29 is 0 Å². The second-order valence-electron chi connectivity index (χ2n) is 14.8. The number of thioether (sulfide) groups is 1. The van der Waals surface area contributed by atoms with Gasteiger partial charge in [-0.25, -0.2) is 0 Å². The molecule has 4 nitrogen and oxygen atoms in total. The van der Waals surface area contributed by atoms with Gasteiger partial charge in [-0.1, -0.05) is 109 Å². The molecule has 2 aliphatic heterocycles. The van der Waals surface area contributed by atoms with Crippen molar-refractivity contribution in [3.63, 3.8) is 0 Å². The summed E-state index contributed by atoms with van der Waals surface area (Å²) in [5.74, 6) is 2.44. The molecule has 2 N–H and O–H groups in total. The van der Waals surface area contributed by atoms with Crippen LogP contribution in [0.25, 0.3) is 17.8 Å². The zero-order valence-electron chi connectivity index (χ0n) is 30.3. The lowest BCUT2D eigenvalue weighted by Crippen LogP contribution is -2.39. The van der Waals surface area contributed by atoms with Gasteiger partial charge in [0, 0.05) is 58.0 Å². The second-order valence-corrected chi connectivity index (χ2v) is 16.2. The standard InChI is InChI=1S/C47H48N4S/c1-3-41(34-21-11-6-12-22-34)50-46(49-31(2)32-17-7-4-8-18-32)40-27-35(33-19-9-5-10-20-33)30-48-47(40)51-42-25-15-13-23-36(42)38-28-39-37-24-14-16-26-44(37)52-45(39)29-43(38)51/h3-7,9-12,14-17,19-22,24-25,28,31,35,44-45,49-50H,8,13,18,23,26-27,29-30H2,1-2H3/b41-3-,46-40?. The number of rotatable bonds is 7. The maximum atomic E-state index is 5.65. The second kappa shape index (κ2) is 14.4. The fourth-order valence-corrected chi connectivity index (χ4v) is 10.5. The number of nitrogens with one attached hydrogen (secondary N) is 2. The number of hydrogen-bond donors (Lipinski definition) is 2. The molecule has 0 saturated carbocycles. The minimum atomic E-state index is 0.158. The third-order valence-corrected chi connectivity index (χ3v) is 13.2. The van der Waals surface area contributed by atoms with Crippen LogP contribution in [0.1, 0.15) is 85.5 Å². The van der Waals surface area contributed by atoms with Crippen molar-refractivity contribution in [2.75, 3.05) is 6.54 Å². The third-order valence-electron chi connectivity index (χ3n) is 11.7. The number of aromatic nitrogens is 1. The van der Waals surface area contributed by atoms with E-state index in [4.69, 9.17) is 4.99 Å². The Bertz CT molecular complexity index is 2150. The lowest BCUT2D eigenvalue weighted by Gasteiger charge is -2.32. The van der Waals surface area contributed by atoms with Crippen molar-refractivity contribution >= 4 is 35.4 Å². The molecule has 1 saturated heterocycles. The largest absolute Gasteiger partial charge is 0.365 e. The van der Waals surface area contributed by atoms with Gasteiger partial charge in [0.05, 0.1) is 5.69 Å². The summed E-state index contributed by atoms with van der Waals surface area (Å²) in [7, 11) is 0. The van der Waals surface area contributed by atoms with Gasteiger partial charge in [0.1, 0.15) is 11.7 Å². The zero-order valence-corrected chi connectivity index (χ0v) is 31.1. The monoisotopic (exact) mass is 700 g/mol. The highest BCUT2D eigenvalue weighted by Gasteiger charge is 2.41. The summed E-state index contributed by atoms with van der Waals surface area (Å²) < 4.78 is 2.59. The van der Waals surface area contributed by atoms with Gasteiger partial charge < -0.3 is 10.6 Å². The molecule has 2 aromatic carbocycles. The van der Waals surface area contributed by atoms with Crippen LogP contribution < -0.4 is 10.6 Å². The Morgan fingerprint density at radius 1 is 0.904 bits per heavy atom. The number of benzene rings is 2. The topological polar surface area (TPSA) is 41.4 Å². The maximum Gasteiger partial charge on any atom is 0.139 e. The first kappa shape index (κ1) is 33.1. The van der Waals surface area contributed by atoms with E-state index >= 15 is 0 Å². The molecule has 5 heteroatoms. The minimum Gasteiger partial charge on any atom is -0.365 e.